The van der Waals surface area contributed by atoms with Crippen LogP contribution in [0, 0.1) is 13.8 Å². The summed E-state index contributed by atoms with van der Waals surface area (Å²) in [6.45, 7) is 6.88. The normalized spacial score (nSPS) is 10.9. The first-order valence-corrected chi connectivity index (χ1v) is 10.5. The number of rotatable bonds is 7. The number of amides is 1. The molecule has 0 atom stereocenters. The van der Waals surface area contributed by atoms with Crippen molar-refractivity contribution in [2.45, 2.75) is 38.9 Å². The molecule has 0 bridgehead atoms. The second kappa shape index (κ2) is 9.26. The van der Waals surface area contributed by atoms with Gasteiger partial charge < -0.3 is 9.88 Å². The minimum absolute atomic E-state index is 0.0576. The average molecular weight is 415 g/mol. The van der Waals surface area contributed by atoms with E-state index in [0.717, 1.165) is 46.3 Å². The van der Waals surface area contributed by atoms with Crippen LogP contribution in [-0.4, -0.2) is 26.4 Å². The van der Waals surface area contributed by atoms with Crippen molar-refractivity contribution in [3.63, 3.8) is 0 Å². The van der Waals surface area contributed by atoms with Gasteiger partial charge in [-0.15, -0.1) is 10.2 Å². The molecule has 0 aliphatic heterocycles. The quantitative estimate of drug-likeness (QED) is 0.529. The molecule has 28 heavy (non-hydrogen) atoms. The van der Waals surface area contributed by atoms with E-state index in [1.807, 2.05) is 56.3 Å². The van der Waals surface area contributed by atoms with Crippen LogP contribution in [0.25, 0.3) is 11.4 Å². The fourth-order valence-electron chi connectivity index (χ4n) is 2.82. The van der Waals surface area contributed by atoms with E-state index >= 15 is 0 Å². The molecule has 1 amide bonds. The molecule has 5 nitrogen and oxygen atoms in total. The number of anilines is 1. The number of hydrogen-bond donors (Lipinski definition) is 1. The Hall–Kier alpha value is -2.31. The Morgan fingerprint density at radius 3 is 2.61 bits per heavy atom. The molecular formula is C21H23ClN4OS. The van der Waals surface area contributed by atoms with Gasteiger partial charge in [0.2, 0.25) is 5.91 Å². The third-order valence-electron chi connectivity index (χ3n) is 4.27. The molecule has 0 radical (unpaired) electrons. The van der Waals surface area contributed by atoms with Crippen molar-refractivity contribution in [3.05, 3.63) is 58.6 Å². The largest absolute Gasteiger partial charge is 0.325 e. The van der Waals surface area contributed by atoms with Crippen molar-refractivity contribution < 1.29 is 4.79 Å². The lowest BCUT2D eigenvalue weighted by molar-refractivity contribution is -0.113. The molecule has 7 heteroatoms. The molecule has 1 N–H and O–H groups in total. The van der Waals surface area contributed by atoms with E-state index in [0.29, 0.717) is 5.02 Å². The van der Waals surface area contributed by atoms with Gasteiger partial charge in [0.05, 0.1) is 5.75 Å². The molecule has 3 rings (SSSR count). The summed E-state index contributed by atoms with van der Waals surface area (Å²) in [6.07, 6.45) is 0.945. The summed E-state index contributed by atoms with van der Waals surface area (Å²) >= 11 is 7.38. The number of hydrogen-bond acceptors (Lipinski definition) is 4. The monoisotopic (exact) mass is 414 g/mol. The van der Waals surface area contributed by atoms with Gasteiger partial charge in [-0.3, -0.25) is 4.79 Å². The second-order valence-corrected chi connectivity index (χ2v) is 8.00. The minimum Gasteiger partial charge on any atom is -0.325 e. The molecule has 2 aromatic carbocycles. The molecule has 0 saturated heterocycles. The summed E-state index contributed by atoms with van der Waals surface area (Å²) in [5.74, 6) is 1.00. The van der Waals surface area contributed by atoms with Crippen LogP contribution in [0.2, 0.25) is 5.02 Å². The smallest absolute Gasteiger partial charge is 0.234 e. The number of carbonyl (C=O) groups is 1. The fourth-order valence-corrected chi connectivity index (χ4v) is 3.71. The molecule has 0 aliphatic carbocycles. The Balaban J connectivity index is 1.72. The summed E-state index contributed by atoms with van der Waals surface area (Å²) < 4.78 is 2.05. The van der Waals surface area contributed by atoms with E-state index in [1.54, 1.807) is 0 Å². The Morgan fingerprint density at radius 1 is 1.14 bits per heavy atom. The number of aryl methyl sites for hydroxylation is 2. The van der Waals surface area contributed by atoms with Gasteiger partial charge in [-0.25, -0.2) is 0 Å². The van der Waals surface area contributed by atoms with Gasteiger partial charge in [-0.1, -0.05) is 42.4 Å². The zero-order chi connectivity index (χ0) is 20.1. The van der Waals surface area contributed by atoms with Crippen LogP contribution in [-0.2, 0) is 11.3 Å². The maximum absolute atomic E-state index is 12.4. The van der Waals surface area contributed by atoms with Crippen LogP contribution >= 0.6 is 23.4 Å². The van der Waals surface area contributed by atoms with E-state index in [9.17, 15) is 4.79 Å². The summed E-state index contributed by atoms with van der Waals surface area (Å²) in [7, 11) is 0. The van der Waals surface area contributed by atoms with Gasteiger partial charge in [0.15, 0.2) is 11.0 Å². The molecular weight excluding hydrogens is 392 g/mol. The summed E-state index contributed by atoms with van der Waals surface area (Å²) in [5, 5.41) is 13.1. The van der Waals surface area contributed by atoms with E-state index in [4.69, 9.17) is 11.6 Å². The van der Waals surface area contributed by atoms with Crippen LogP contribution < -0.4 is 5.32 Å². The summed E-state index contributed by atoms with van der Waals surface area (Å²) in [5.41, 5.74) is 3.96. The zero-order valence-electron chi connectivity index (χ0n) is 16.2. The van der Waals surface area contributed by atoms with Gasteiger partial charge in [-0.2, -0.15) is 0 Å². The van der Waals surface area contributed by atoms with Crippen LogP contribution in [0.3, 0.4) is 0 Å². The fraction of sp³-hybridized carbons (Fsp3) is 0.286. The molecule has 0 unspecified atom stereocenters. The van der Waals surface area contributed by atoms with Gasteiger partial charge in [0.25, 0.3) is 0 Å². The minimum atomic E-state index is -0.0576. The van der Waals surface area contributed by atoms with Crippen molar-refractivity contribution in [3.8, 4) is 11.4 Å². The van der Waals surface area contributed by atoms with Crippen molar-refractivity contribution in [2.24, 2.45) is 0 Å². The summed E-state index contributed by atoms with van der Waals surface area (Å²) in [4.78, 5) is 12.4. The number of thioether (sulfide) groups is 1. The third-order valence-corrected chi connectivity index (χ3v) is 5.48. The zero-order valence-corrected chi connectivity index (χ0v) is 17.8. The van der Waals surface area contributed by atoms with Gasteiger partial charge in [0, 0.05) is 22.8 Å². The van der Waals surface area contributed by atoms with Gasteiger partial charge in [-0.05, 0) is 61.7 Å². The highest BCUT2D eigenvalue weighted by Crippen LogP contribution is 2.26. The lowest BCUT2D eigenvalue weighted by Crippen LogP contribution is -2.15. The number of halogens is 1. The number of carbonyl (C=O) groups excluding carboxylic acids is 1. The topological polar surface area (TPSA) is 59.8 Å². The Morgan fingerprint density at radius 2 is 1.89 bits per heavy atom. The maximum atomic E-state index is 12.4. The lowest BCUT2D eigenvalue weighted by Gasteiger charge is -2.10. The van der Waals surface area contributed by atoms with Crippen molar-refractivity contribution in [2.75, 3.05) is 11.1 Å². The molecule has 146 valence electrons. The maximum Gasteiger partial charge on any atom is 0.234 e. The number of benzene rings is 2. The van der Waals surface area contributed by atoms with E-state index in [-0.39, 0.29) is 11.7 Å². The van der Waals surface area contributed by atoms with Crippen molar-refractivity contribution in [1.82, 2.24) is 14.8 Å². The van der Waals surface area contributed by atoms with Crippen molar-refractivity contribution in [1.29, 1.82) is 0 Å². The highest BCUT2D eigenvalue weighted by atomic mass is 35.5. The second-order valence-electron chi connectivity index (χ2n) is 6.62. The van der Waals surface area contributed by atoms with E-state index in [2.05, 4.69) is 27.0 Å². The summed E-state index contributed by atoms with van der Waals surface area (Å²) in [6, 6.07) is 13.6. The molecule has 0 saturated carbocycles. The SMILES string of the molecule is CCCn1c(SCC(=O)Nc2cc(C)ccc2C)nnc1-c1ccc(Cl)cc1. The first-order valence-electron chi connectivity index (χ1n) is 9.17. The Labute approximate surface area is 174 Å². The Bertz CT molecular complexity index is 969. The molecule has 0 spiro atoms. The predicted molar refractivity (Wildman–Crippen MR) is 116 cm³/mol. The van der Waals surface area contributed by atoms with Gasteiger partial charge in [0.1, 0.15) is 0 Å². The Kier molecular flexibility index (Phi) is 6.75. The van der Waals surface area contributed by atoms with Crippen LogP contribution in [0.5, 0.6) is 0 Å². The highest BCUT2D eigenvalue weighted by molar-refractivity contribution is 7.99. The third kappa shape index (κ3) is 4.94. The number of aromatic nitrogens is 3. The molecule has 3 aromatic rings. The van der Waals surface area contributed by atoms with Gasteiger partial charge >= 0.3 is 0 Å². The molecule has 0 fully saturated rings. The molecule has 1 aromatic heterocycles. The predicted octanol–water partition coefficient (Wildman–Crippen LogP) is 5.36. The van der Waals surface area contributed by atoms with Crippen LogP contribution in [0.4, 0.5) is 5.69 Å². The lowest BCUT2D eigenvalue weighted by atomic mass is 10.1. The van der Waals surface area contributed by atoms with Crippen molar-refractivity contribution >= 4 is 35.0 Å². The first-order chi connectivity index (χ1) is 13.5. The number of nitrogens with zero attached hydrogens (tertiary/aromatic N) is 3. The van der Waals surface area contributed by atoms with Crippen LogP contribution in [0.15, 0.2) is 47.6 Å². The highest BCUT2D eigenvalue weighted by Gasteiger charge is 2.15. The standard InChI is InChI=1S/C21H23ClN4OS/c1-4-11-26-20(16-7-9-17(22)10-8-16)24-25-21(26)28-13-19(27)23-18-12-14(2)5-6-15(18)3/h5-10,12H,4,11,13H2,1-3H3,(H,23,27). The van der Waals surface area contributed by atoms with Crippen LogP contribution in [0.1, 0.15) is 24.5 Å². The number of nitrogens with one attached hydrogen (secondary N) is 1. The average Bonchev–Trinajstić information content (AvgIpc) is 3.07. The van der Waals surface area contributed by atoms with E-state index in [1.165, 1.54) is 11.8 Å². The molecule has 1 heterocycles. The van der Waals surface area contributed by atoms with E-state index < -0.39 is 0 Å². The first kappa shape index (κ1) is 20.4. The molecule has 0 aliphatic rings.